The first-order valence-electron chi connectivity index (χ1n) is 7.31. The number of hydrogen-bond donors (Lipinski definition) is 1. The Morgan fingerprint density at radius 2 is 2.05 bits per heavy atom. The molecule has 0 amide bonds. The van der Waals surface area contributed by atoms with E-state index in [9.17, 15) is 0 Å². The second kappa shape index (κ2) is 8.65. The van der Waals surface area contributed by atoms with Gasteiger partial charge in [0.05, 0.1) is 11.6 Å². The van der Waals surface area contributed by atoms with Gasteiger partial charge in [0.25, 0.3) is 0 Å². The van der Waals surface area contributed by atoms with Crippen LogP contribution in [0.15, 0.2) is 42.6 Å². The Morgan fingerprint density at radius 3 is 2.81 bits per heavy atom. The molecule has 0 unspecified atom stereocenters. The molecule has 3 nitrogen and oxygen atoms in total. The molecule has 0 bridgehead atoms. The van der Waals surface area contributed by atoms with Crippen molar-refractivity contribution in [3.8, 4) is 5.88 Å². The smallest absolute Gasteiger partial charge is 0.213 e. The van der Waals surface area contributed by atoms with Crippen molar-refractivity contribution in [2.24, 2.45) is 0 Å². The molecule has 2 aromatic rings. The molecule has 1 heterocycles. The molecule has 1 N–H and O–H groups in total. The molecule has 1 aromatic carbocycles. The topological polar surface area (TPSA) is 34.1 Å². The first-order valence-corrected chi connectivity index (χ1v) is 7.69. The highest BCUT2D eigenvalue weighted by molar-refractivity contribution is 6.31. The Labute approximate surface area is 131 Å². The average Bonchev–Trinajstić information content (AvgIpc) is 2.52. The third-order valence-corrected chi connectivity index (χ3v) is 3.52. The van der Waals surface area contributed by atoms with Crippen LogP contribution >= 0.6 is 11.6 Å². The highest BCUT2D eigenvalue weighted by Crippen LogP contribution is 2.19. The Bertz CT molecular complexity index is 546. The lowest BCUT2D eigenvalue weighted by Crippen LogP contribution is -2.12. The van der Waals surface area contributed by atoms with E-state index >= 15 is 0 Å². The molecule has 4 heteroatoms. The van der Waals surface area contributed by atoms with Crippen LogP contribution in [0.3, 0.4) is 0 Å². The second-order valence-corrected chi connectivity index (χ2v) is 5.24. The van der Waals surface area contributed by atoms with Crippen molar-refractivity contribution in [3.63, 3.8) is 0 Å². The van der Waals surface area contributed by atoms with Gasteiger partial charge >= 0.3 is 0 Å². The van der Waals surface area contributed by atoms with Crippen LogP contribution in [0.5, 0.6) is 5.88 Å². The van der Waals surface area contributed by atoms with E-state index in [1.54, 1.807) is 6.20 Å². The Morgan fingerprint density at radius 1 is 1.24 bits per heavy atom. The molecular formula is C17H21ClN2O. The lowest BCUT2D eigenvalue weighted by atomic mass is 10.1. The Kier molecular flexibility index (Phi) is 6.51. The van der Waals surface area contributed by atoms with Gasteiger partial charge in [-0.3, -0.25) is 0 Å². The predicted molar refractivity (Wildman–Crippen MR) is 86.9 cm³/mol. The molecule has 0 atom stereocenters. The molecule has 0 radical (unpaired) electrons. The summed E-state index contributed by atoms with van der Waals surface area (Å²) in [5.74, 6) is 0.639. The van der Waals surface area contributed by atoms with E-state index in [4.69, 9.17) is 16.3 Å². The van der Waals surface area contributed by atoms with Crippen molar-refractivity contribution in [1.82, 2.24) is 10.3 Å². The van der Waals surface area contributed by atoms with Crippen LogP contribution < -0.4 is 10.1 Å². The molecule has 0 saturated carbocycles. The minimum absolute atomic E-state index is 0.639. The number of aromatic nitrogens is 1. The van der Waals surface area contributed by atoms with Gasteiger partial charge in [-0.1, -0.05) is 48.9 Å². The van der Waals surface area contributed by atoms with Gasteiger partial charge in [-0.2, -0.15) is 0 Å². The third kappa shape index (κ3) is 5.37. The molecule has 21 heavy (non-hydrogen) atoms. The summed E-state index contributed by atoms with van der Waals surface area (Å²) >= 11 is 6.12. The fraction of sp³-hybridized carbons (Fsp3) is 0.353. The molecule has 0 fully saturated rings. The number of aryl methyl sites for hydroxylation is 1. The summed E-state index contributed by atoms with van der Waals surface area (Å²) in [6.07, 6.45) is 3.64. The van der Waals surface area contributed by atoms with Crippen molar-refractivity contribution < 1.29 is 4.74 Å². The van der Waals surface area contributed by atoms with E-state index in [1.807, 2.05) is 12.1 Å². The first-order chi connectivity index (χ1) is 10.3. The van der Waals surface area contributed by atoms with Crippen LogP contribution in [-0.2, 0) is 13.0 Å². The number of pyridine rings is 1. The van der Waals surface area contributed by atoms with Crippen LogP contribution in [0.25, 0.3) is 0 Å². The highest BCUT2D eigenvalue weighted by Gasteiger charge is 2.04. The number of nitrogens with zero attached hydrogens (tertiary/aromatic N) is 1. The van der Waals surface area contributed by atoms with Crippen molar-refractivity contribution in [2.75, 3.05) is 13.2 Å². The molecule has 0 aliphatic carbocycles. The number of nitrogens with one attached hydrogen (secondary N) is 1. The fourth-order valence-electron chi connectivity index (χ4n) is 2.03. The van der Waals surface area contributed by atoms with E-state index in [0.29, 0.717) is 17.5 Å². The molecule has 1 aromatic heterocycles. The molecule has 0 aliphatic heterocycles. The van der Waals surface area contributed by atoms with Gasteiger partial charge in [0.1, 0.15) is 0 Å². The van der Waals surface area contributed by atoms with Crippen LogP contribution in [0, 0.1) is 0 Å². The van der Waals surface area contributed by atoms with Crippen LogP contribution in [0.1, 0.15) is 24.5 Å². The zero-order chi connectivity index (χ0) is 14.9. The van der Waals surface area contributed by atoms with Gasteiger partial charge in [-0.05, 0) is 30.5 Å². The number of ether oxygens (including phenoxy) is 1. The number of halogens is 1. The maximum Gasteiger partial charge on any atom is 0.213 e. The summed E-state index contributed by atoms with van der Waals surface area (Å²) in [4.78, 5) is 4.21. The van der Waals surface area contributed by atoms with Gasteiger partial charge in [0.15, 0.2) is 0 Å². The van der Waals surface area contributed by atoms with Crippen molar-refractivity contribution in [1.29, 1.82) is 0 Å². The van der Waals surface area contributed by atoms with E-state index in [-0.39, 0.29) is 0 Å². The van der Waals surface area contributed by atoms with Gasteiger partial charge in [-0.15, -0.1) is 0 Å². The molecule has 0 saturated heterocycles. The molecule has 0 spiro atoms. The summed E-state index contributed by atoms with van der Waals surface area (Å²) in [6.45, 7) is 4.37. The third-order valence-electron chi connectivity index (χ3n) is 3.18. The zero-order valence-electron chi connectivity index (χ0n) is 12.3. The summed E-state index contributed by atoms with van der Waals surface area (Å²) in [7, 11) is 0. The average molecular weight is 305 g/mol. The van der Waals surface area contributed by atoms with Crippen LogP contribution in [-0.4, -0.2) is 18.1 Å². The zero-order valence-corrected chi connectivity index (χ0v) is 13.1. The molecule has 112 valence electrons. The largest absolute Gasteiger partial charge is 0.478 e. The number of rotatable bonds is 8. The summed E-state index contributed by atoms with van der Waals surface area (Å²) in [6, 6.07) is 12.3. The lowest BCUT2D eigenvalue weighted by molar-refractivity contribution is 0.299. The summed E-state index contributed by atoms with van der Waals surface area (Å²) < 4.78 is 5.71. The van der Waals surface area contributed by atoms with E-state index in [1.165, 1.54) is 5.56 Å². The number of hydrogen-bond acceptors (Lipinski definition) is 3. The second-order valence-electron chi connectivity index (χ2n) is 4.83. The predicted octanol–water partition coefficient (Wildman–Crippen LogP) is 3.86. The van der Waals surface area contributed by atoms with Gasteiger partial charge in [0, 0.05) is 18.8 Å². The molecule has 2 rings (SSSR count). The minimum atomic E-state index is 0.639. The van der Waals surface area contributed by atoms with Crippen LogP contribution in [0.2, 0.25) is 5.02 Å². The fourth-order valence-corrected chi connectivity index (χ4v) is 2.20. The number of benzene rings is 1. The molecular weight excluding hydrogens is 284 g/mol. The standard InChI is InChI=1S/C17H21ClN2O/c1-2-19-12-15-11-17(20-13-16(15)18)21-10-6-9-14-7-4-3-5-8-14/h3-5,7-8,11,13,19H,2,6,9-10,12H2,1H3. The van der Waals surface area contributed by atoms with E-state index < -0.39 is 0 Å². The normalized spacial score (nSPS) is 10.6. The van der Waals surface area contributed by atoms with E-state index in [0.717, 1.165) is 31.5 Å². The molecule has 0 aliphatic rings. The monoisotopic (exact) mass is 304 g/mol. The van der Waals surface area contributed by atoms with Gasteiger partial charge < -0.3 is 10.1 Å². The maximum absolute atomic E-state index is 6.12. The minimum Gasteiger partial charge on any atom is -0.478 e. The highest BCUT2D eigenvalue weighted by atomic mass is 35.5. The van der Waals surface area contributed by atoms with E-state index in [2.05, 4.69) is 41.5 Å². The van der Waals surface area contributed by atoms with Crippen LogP contribution in [0.4, 0.5) is 0 Å². The SMILES string of the molecule is CCNCc1cc(OCCCc2ccccc2)ncc1Cl. The first kappa shape index (κ1) is 15.8. The van der Waals surface area contributed by atoms with Crippen molar-refractivity contribution >= 4 is 11.6 Å². The Hall–Kier alpha value is -1.58. The van der Waals surface area contributed by atoms with Crippen molar-refractivity contribution in [2.45, 2.75) is 26.3 Å². The Balaban J connectivity index is 1.80. The maximum atomic E-state index is 6.12. The van der Waals surface area contributed by atoms with Gasteiger partial charge in [-0.25, -0.2) is 4.98 Å². The van der Waals surface area contributed by atoms with Gasteiger partial charge in [0.2, 0.25) is 5.88 Å². The quantitative estimate of drug-likeness (QED) is 0.752. The lowest BCUT2D eigenvalue weighted by Gasteiger charge is -2.09. The summed E-state index contributed by atoms with van der Waals surface area (Å²) in [5, 5.41) is 3.93. The van der Waals surface area contributed by atoms with Crippen molar-refractivity contribution in [3.05, 3.63) is 58.7 Å². The summed E-state index contributed by atoms with van der Waals surface area (Å²) in [5.41, 5.74) is 2.35.